The Kier molecular flexibility index (Phi) is 4.21. The lowest BCUT2D eigenvalue weighted by Crippen LogP contribution is -2.26. The summed E-state index contributed by atoms with van der Waals surface area (Å²) in [6.45, 7) is 2.07. The van der Waals surface area contributed by atoms with Crippen LogP contribution in [0.3, 0.4) is 0 Å². The van der Waals surface area contributed by atoms with E-state index in [2.05, 4.69) is 15.0 Å². The number of hydrogen-bond donors (Lipinski definition) is 1. The van der Waals surface area contributed by atoms with Crippen molar-refractivity contribution in [2.24, 2.45) is 0 Å². The molecule has 0 atom stereocenters. The molecular weight excluding hydrogens is 372 g/mol. The minimum atomic E-state index is 0.211. The van der Waals surface area contributed by atoms with Gasteiger partial charge in [0.15, 0.2) is 11.5 Å². The highest BCUT2D eigenvalue weighted by atomic mass is 16.7. The maximum atomic E-state index is 5.86. The Labute approximate surface area is 166 Å². The molecule has 3 heterocycles. The molecule has 0 aliphatic carbocycles. The summed E-state index contributed by atoms with van der Waals surface area (Å²) >= 11 is 0. The second-order valence-corrected chi connectivity index (χ2v) is 6.36. The first-order chi connectivity index (χ1) is 14.2. The monoisotopic (exact) mass is 389 g/mol. The predicted molar refractivity (Wildman–Crippen MR) is 102 cm³/mol. The van der Waals surface area contributed by atoms with Gasteiger partial charge in [0, 0.05) is 17.8 Å². The van der Waals surface area contributed by atoms with Gasteiger partial charge in [0.1, 0.15) is 29.6 Å². The van der Waals surface area contributed by atoms with Crippen LogP contribution in [0.5, 0.6) is 34.9 Å². The molecule has 1 aliphatic rings. The Morgan fingerprint density at radius 1 is 0.931 bits per heavy atom. The number of rotatable bonds is 5. The topological polar surface area (TPSA) is 82.4 Å². The van der Waals surface area contributed by atoms with E-state index in [9.17, 15) is 0 Å². The molecule has 29 heavy (non-hydrogen) atoms. The number of ether oxygens (including phenoxy) is 4. The Hall–Kier alpha value is -4.07. The maximum absolute atomic E-state index is 5.86. The Morgan fingerprint density at radius 2 is 1.76 bits per heavy atom. The van der Waals surface area contributed by atoms with Crippen molar-refractivity contribution in [1.82, 2.24) is 15.0 Å². The summed E-state index contributed by atoms with van der Waals surface area (Å²) in [5.74, 6) is 2.94. The van der Waals surface area contributed by atoms with Gasteiger partial charge in [-0.2, -0.15) is 9.97 Å². The van der Waals surface area contributed by atoms with Crippen LogP contribution >= 0.6 is 0 Å². The van der Waals surface area contributed by atoms with Crippen LogP contribution in [-0.2, 0) is 0 Å². The highest BCUT2D eigenvalue weighted by molar-refractivity contribution is 5.47. The first kappa shape index (κ1) is 17.1. The van der Waals surface area contributed by atoms with E-state index >= 15 is 0 Å². The van der Waals surface area contributed by atoms with Crippen LogP contribution in [-0.4, -0.2) is 21.7 Å². The average molecular weight is 389 g/mol. The number of aromatic nitrogens is 4. The largest absolute Gasteiger partial charge is 0.454 e. The van der Waals surface area contributed by atoms with Crippen LogP contribution in [0, 0.1) is 6.92 Å². The van der Waals surface area contributed by atoms with Gasteiger partial charge in [-0.05, 0) is 43.3 Å². The van der Waals surface area contributed by atoms with Crippen molar-refractivity contribution < 1.29 is 23.5 Å². The van der Waals surface area contributed by atoms with Crippen molar-refractivity contribution in [3.8, 4) is 40.6 Å². The molecule has 0 spiro atoms. The smallest absolute Gasteiger partial charge is 0.325 e. The van der Waals surface area contributed by atoms with Gasteiger partial charge in [-0.15, -0.1) is 0 Å². The molecule has 8 heteroatoms. The van der Waals surface area contributed by atoms with Gasteiger partial charge < -0.3 is 18.9 Å². The molecule has 2 aromatic heterocycles. The average Bonchev–Trinajstić information content (AvgIpc) is 3.40. The minimum Gasteiger partial charge on any atom is -0.454 e. The molecule has 2 aromatic carbocycles. The number of aryl methyl sites for hydroxylation is 1. The number of aromatic amines is 1. The van der Waals surface area contributed by atoms with Gasteiger partial charge in [0.25, 0.3) is 0 Å². The molecule has 4 aromatic rings. The maximum Gasteiger partial charge on any atom is 0.325 e. The number of nitrogens with zero attached hydrogens (tertiary/aromatic N) is 3. The molecule has 0 fully saturated rings. The molecular formula is C21H17N4O4+. The molecule has 1 aliphatic heterocycles. The van der Waals surface area contributed by atoms with E-state index in [-0.39, 0.29) is 12.8 Å². The third-order valence-corrected chi connectivity index (χ3v) is 4.27. The molecule has 0 saturated heterocycles. The Balaban J connectivity index is 1.34. The molecule has 144 valence electrons. The zero-order valence-corrected chi connectivity index (χ0v) is 15.5. The van der Waals surface area contributed by atoms with E-state index < -0.39 is 0 Å². The molecule has 5 rings (SSSR count). The third kappa shape index (κ3) is 3.68. The summed E-state index contributed by atoms with van der Waals surface area (Å²) in [5, 5.41) is 0. The number of imidazole rings is 1. The van der Waals surface area contributed by atoms with Crippen LogP contribution in [0.1, 0.15) is 5.69 Å². The number of fused-ring (bicyclic) bond motifs is 1. The number of H-pyrrole nitrogens is 1. The fourth-order valence-corrected chi connectivity index (χ4v) is 2.91. The van der Waals surface area contributed by atoms with E-state index in [1.165, 1.54) is 0 Å². The van der Waals surface area contributed by atoms with E-state index in [0.717, 1.165) is 11.4 Å². The molecule has 0 bridgehead atoms. The number of benzene rings is 2. The summed E-state index contributed by atoms with van der Waals surface area (Å²) in [6.07, 6.45) is 5.64. The van der Waals surface area contributed by atoms with Gasteiger partial charge in [-0.3, -0.25) is 0 Å². The fraction of sp³-hybridized carbons (Fsp3) is 0.0952. The van der Waals surface area contributed by atoms with Gasteiger partial charge >= 0.3 is 6.01 Å². The second-order valence-electron chi connectivity index (χ2n) is 6.36. The van der Waals surface area contributed by atoms with Gasteiger partial charge in [0.2, 0.25) is 19.0 Å². The van der Waals surface area contributed by atoms with Crippen LogP contribution in [0.25, 0.3) is 5.69 Å². The van der Waals surface area contributed by atoms with Crippen molar-refractivity contribution in [3.63, 3.8) is 0 Å². The third-order valence-electron chi connectivity index (χ3n) is 4.27. The minimum absolute atomic E-state index is 0.211. The van der Waals surface area contributed by atoms with E-state index in [4.69, 9.17) is 18.9 Å². The second kappa shape index (κ2) is 7.16. The molecule has 8 nitrogen and oxygen atoms in total. The first-order valence-electron chi connectivity index (χ1n) is 8.98. The highest BCUT2D eigenvalue weighted by Crippen LogP contribution is 2.36. The first-order valence-corrected chi connectivity index (χ1v) is 8.98. The van der Waals surface area contributed by atoms with Crippen molar-refractivity contribution in [2.75, 3.05) is 6.79 Å². The van der Waals surface area contributed by atoms with E-state index in [1.54, 1.807) is 24.3 Å². The predicted octanol–water partition coefficient (Wildman–Crippen LogP) is 3.70. The van der Waals surface area contributed by atoms with Crippen molar-refractivity contribution in [1.29, 1.82) is 0 Å². The Bertz CT molecular complexity index is 1140. The molecule has 0 radical (unpaired) electrons. The van der Waals surface area contributed by atoms with E-state index in [0.29, 0.717) is 28.9 Å². The van der Waals surface area contributed by atoms with Crippen LogP contribution in [0.2, 0.25) is 0 Å². The normalized spacial score (nSPS) is 12.0. The van der Waals surface area contributed by atoms with Crippen LogP contribution in [0.4, 0.5) is 0 Å². The van der Waals surface area contributed by atoms with Gasteiger partial charge in [-0.1, -0.05) is 0 Å². The van der Waals surface area contributed by atoms with Gasteiger partial charge in [-0.25, -0.2) is 9.55 Å². The zero-order valence-electron chi connectivity index (χ0n) is 15.5. The van der Waals surface area contributed by atoms with Crippen LogP contribution < -0.4 is 23.5 Å². The lowest BCUT2D eigenvalue weighted by Gasteiger charge is -2.09. The number of nitrogens with one attached hydrogen (secondary N) is 1. The molecule has 0 amide bonds. The SMILES string of the molecule is Cc1cc(Oc2ccc3c(c2)OCO3)nc(Oc2ccc(-[n+]3cc[nH]c3)cc2)n1. The number of hydrogen-bond acceptors (Lipinski definition) is 6. The zero-order chi connectivity index (χ0) is 19.6. The highest BCUT2D eigenvalue weighted by Gasteiger charge is 2.15. The summed E-state index contributed by atoms with van der Waals surface area (Å²) in [7, 11) is 0. The Morgan fingerprint density at radius 3 is 2.59 bits per heavy atom. The van der Waals surface area contributed by atoms with Gasteiger partial charge in [0.05, 0.1) is 0 Å². The quantitative estimate of drug-likeness (QED) is 0.524. The van der Waals surface area contributed by atoms with E-state index in [1.807, 2.05) is 54.5 Å². The van der Waals surface area contributed by atoms with Crippen molar-refractivity contribution in [3.05, 3.63) is 72.9 Å². The lowest BCUT2D eigenvalue weighted by molar-refractivity contribution is -0.594. The standard InChI is InChI=1S/C21H16N4O4/c1-14-10-20(28-17-6-7-18-19(11-17)27-13-26-18)24-21(23-14)29-16-4-2-15(3-5-16)25-9-8-22-12-25/h2-12H,13H2,1H3/p+1. The summed E-state index contributed by atoms with van der Waals surface area (Å²) in [6, 6.07) is 14.9. The van der Waals surface area contributed by atoms with Crippen molar-refractivity contribution in [2.45, 2.75) is 6.92 Å². The summed E-state index contributed by atoms with van der Waals surface area (Å²) < 4.78 is 24.3. The van der Waals surface area contributed by atoms with Crippen LogP contribution in [0.15, 0.2) is 67.3 Å². The molecule has 1 N–H and O–H groups in total. The lowest BCUT2D eigenvalue weighted by atomic mass is 10.3. The molecule has 0 saturated carbocycles. The fourth-order valence-electron chi connectivity index (χ4n) is 2.91. The summed E-state index contributed by atoms with van der Waals surface area (Å²) in [5.41, 5.74) is 1.74. The van der Waals surface area contributed by atoms with Crippen molar-refractivity contribution >= 4 is 0 Å². The summed E-state index contributed by atoms with van der Waals surface area (Å²) in [4.78, 5) is 11.7. The molecule has 0 unspecified atom stereocenters.